The van der Waals surface area contributed by atoms with Gasteiger partial charge in [-0.25, -0.2) is 4.79 Å². The Balaban J connectivity index is 1.68. The zero-order chi connectivity index (χ0) is 23.3. The second-order valence-electron chi connectivity index (χ2n) is 7.77. The first-order chi connectivity index (χ1) is 15.3. The summed E-state index contributed by atoms with van der Waals surface area (Å²) in [6, 6.07) is 14.3. The summed E-state index contributed by atoms with van der Waals surface area (Å²) >= 11 is 0. The number of carbonyl (C=O) groups is 1. The number of primary amides is 1. The number of rotatable bonds is 10. The Morgan fingerprint density at radius 3 is 2.34 bits per heavy atom. The van der Waals surface area contributed by atoms with Gasteiger partial charge in [-0.2, -0.15) is 0 Å². The number of fused-ring (bicyclic) bond motifs is 1. The van der Waals surface area contributed by atoms with Gasteiger partial charge in [0.2, 0.25) is 5.91 Å². The summed E-state index contributed by atoms with van der Waals surface area (Å²) in [6.07, 6.45) is -0.426. The zero-order valence-corrected chi connectivity index (χ0v) is 18.6. The molecule has 1 heterocycles. The maximum atomic E-state index is 12.8. The molecule has 32 heavy (non-hydrogen) atoms. The second-order valence-corrected chi connectivity index (χ2v) is 7.77. The number of benzene rings is 2. The second kappa shape index (κ2) is 10.3. The number of para-hydroxylation sites is 1. The highest BCUT2D eigenvalue weighted by atomic mass is 16.5. The molecule has 1 aromatic heterocycles. The van der Waals surface area contributed by atoms with Crippen LogP contribution in [0.1, 0.15) is 26.3 Å². The van der Waals surface area contributed by atoms with Crippen molar-refractivity contribution in [3.05, 3.63) is 74.9 Å². The molecule has 0 saturated heterocycles. The van der Waals surface area contributed by atoms with Gasteiger partial charge < -0.3 is 15.2 Å². The maximum Gasteiger partial charge on any atom is 0.331 e. The van der Waals surface area contributed by atoms with Crippen molar-refractivity contribution in [1.82, 2.24) is 9.13 Å². The normalized spacial score (nSPS) is 12.2. The van der Waals surface area contributed by atoms with Crippen LogP contribution >= 0.6 is 0 Å². The van der Waals surface area contributed by atoms with Crippen LogP contribution in [0.5, 0.6) is 5.75 Å². The number of nitrogens with two attached hydrogens (primary N) is 1. The molecule has 8 heteroatoms. The largest absolute Gasteiger partial charge is 0.492 e. The van der Waals surface area contributed by atoms with Gasteiger partial charge in [0.15, 0.2) is 0 Å². The first-order valence-electron chi connectivity index (χ1n) is 10.7. The number of hydrogen-bond donors (Lipinski definition) is 1. The van der Waals surface area contributed by atoms with Gasteiger partial charge in [-0.15, -0.1) is 0 Å². The van der Waals surface area contributed by atoms with Gasteiger partial charge in [-0.3, -0.25) is 18.7 Å². The van der Waals surface area contributed by atoms with Crippen LogP contribution in [-0.2, 0) is 29.0 Å². The SMILES string of the molecule is CCn1c(=O)n(CCOc2ccc(CC(OC(C)C)C(N)=O)cc2)c(=O)c2ccccc21. The quantitative estimate of drug-likeness (QED) is 0.521. The molecule has 2 N–H and O–H groups in total. The molecule has 0 radical (unpaired) electrons. The summed E-state index contributed by atoms with van der Waals surface area (Å²) in [5, 5.41) is 0.505. The van der Waals surface area contributed by atoms with Gasteiger partial charge in [-0.1, -0.05) is 24.3 Å². The number of nitrogens with zero attached hydrogens (tertiary/aromatic N) is 2. The number of amides is 1. The minimum absolute atomic E-state index is 0.106. The van der Waals surface area contributed by atoms with Crippen LogP contribution in [0.25, 0.3) is 10.9 Å². The summed E-state index contributed by atoms with van der Waals surface area (Å²) in [5.41, 5.74) is 6.27. The van der Waals surface area contributed by atoms with Crippen LogP contribution in [0, 0.1) is 0 Å². The fourth-order valence-electron chi connectivity index (χ4n) is 3.61. The van der Waals surface area contributed by atoms with Crippen LogP contribution in [0.4, 0.5) is 0 Å². The molecule has 0 saturated carbocycles. The molecule has 0 aliphatic carbocycles. The van der Waals surface area contributed by atoms with E-state index >= 15 is 0 Å². The average molecular weight is 440 g/mol. The topological polar surface area (TPSA) is 106 Å². The highest BCUT2D eigenvalue weighted by Gasteiger charge is 2.18. The van der Waals surface area contributed by atoms with E-state index in [1.165, 1.54) is 4.57 Å². The fraction of sp³-hybridized carbons (Fsp3) is 0.375. The van der Waals surface area contributed by atoms with E-state index < -0.39 is 12.0 Å². The lowest BCUT2D eigenvalue weighted by Crippen LogP contribution is -2.41. The molecular weight excluding hydrogens is 410 g/mol. The van der Waals surface area contributed by atoms with Gasteiger partial charge >= 0.3 is 5.69 Å². The third-order valence-corrected chi connectivity index (χ3v) is 5.13. The molecule has 1 atom stereocenters. The van der Waals surface area contributed by atoms with Crippen LogP contribution < -0.4 is 21.7 Å². The Morgan fingerprint density at radius 1 is 1.03 bits per heavy atom. The maximum absolute atomic E-state index is 12.8. The Bertz CT molecular complexity index is 1190. The minimum atomic E-state index is -0.692. The van der Waals surface area contributed by atoms with Crippen molar-refractivity contribution in [2.24, 2.45) is 5.73 Å². The highest BCUT2D eigenvalue weighted by molar-refractivity contribution is 5.79. The van der Waals surface area contributed by atoms with Crippen LogP contribution in [0.3, 0.4) is 0 Å². The first-order valence-corrected chi connectivity index (χ1v) is 10.7. The number of carbonyl (C=O) groups excluding carboxylic acids is 1. The van der Waals surface area contributed by atoms with Gasteiger partial charge in [0.25, 0.3) is 5.56 Å². The van der Waals surface area contributed by atoms with Crippen molar-refractivity contribution in [3.63, 3.8) is 0 Å². The van der Waals surface area contributed by atoms with Gasteiger partial charge in [0, 0.05) is 13.0 Å². The third kappa shape index (κ3) is 5.26. The standard InChI is InChI=1S/C24H29N3O5/c1-4-26-20-8-6-5-7-19(20)23(29)27(24(26)30)13-14-31-18-11-9-17(10-12-18)15-21(22(25)28)32-16(2)3/h5-12,16,21H,4,13-15H2,1-3H3,(H2,25,28). The Kier molecular flexibility index (Phi) is 7.48. The molecule has 0 fully saturated rings. The van der Waals surface area contributed by atoms with E-state index in [-0.39, 0.29) is 30.5 Å². The monoisotopic (exact) mass is 439 g/mol. The molecule has 8 nitrogen and oxygen atoms in total. The average Bonchev–Trinajstić information content (AvgIpc) is 2.76. The Labute approximate surface area is 186 Å². The first kappa shape index (κ1) is 23.3. The molecule has 3 aromatic rings. The number of aromatic nitrogens is 2. The predicted octanol–water partition coefficient (Wildman–Crippen LogP) is 2.08. The molecule has 2 aromatic carbocycles. The molecule has 170 valence electrons. The van der Waals surface area contributed by atoms with E-state index in [4.69, 9.17) is 15.2 Å². The highest BCUT2D eigenvalue weighted by Crippen LogP contribution is 2.15. The van der Waals surface area contributed by atoms with E-state index in [0.29, 0.717) is 29.6 Å². The van der Waals surface area contributed by atoms with Crippen molar-refractivity contribution in [1.29, 1.82) is 0 Å². The van der Waals surface area contributed by atoms with Crippen LogP contribution in [0.2, 0.25) is 0 Å². The number of hydrogen-bond acceptors (Lipinski definition) is 5. The fourth-order valence-corrected chi connectivity index (χ4v) is 3.61. The van der Waals surface area contributed by atoms with E-state index in [0.717, 1.165) is 5.56 Å². The summed E-state index contributed by atoms with van der Waals surface area (Å²) in [4.78, 5) is 37.1. The molecule has 3 rings (SSSR count). The van der Waals surface area contributed by atoms with Crippen LogP contribution in [0.15, 0.2) is 58.1 Å². The molecule has 0 spiro atoms. The lowest BCUT2D eigenvalue weighted by molar-refractivity contribution is -0.132. The van der Waals surface area contributed by atoms with Crippen molar-refractivity contribution in [3.8, 4) is 5.75 Å². The molecule has 0 aliphatic rings. The Morgan fingerprint density at radius 2 is 1.72 bits per heavy atom. The molecular formula is C24H29N3O5. The summed E-state index contributed by atoms with van der Waals surface area (Å²) in [7, 11) is 0. The Hall–Kier alpha value is -3.39. The third-order valence-electron chi connectivity index (χ3n) is 5.13. The molecule has 1 amide bonds. The van der Waals surface area contributed by atoms with Crippen molar-refractivity contribution >= 4 is 16.8 Å². The number of ether oxygens (including phenoxy) is 2. The molecule has 0 aliphatic heterocycles. The van der Waals surface area contributed by atoms with Crippen molar-refractivity contribution in [2.45, 2.75) is 52.5 Å². The molecule has 1 unspecified atom stereocenters. The van der Waals surface area contributed by atoms with E-state index in [9.17, 15) is 14.4 Å². The predicted molar refractivity (Wildman–Crippen MR) is 123 cm³/mol. The lowest BCUT2D eigenvalue weighted by Gasteiger charge is -2.17. The summed E-state index contributed by atoms with van der Waals surface area (Å²) < 4.78 is 14.1. The van der Waals surface area contributed by atoms with Crippen LogP contribution in [-0.4, -0.2) is 33.9 Å². The van der Waals surface area contributed by atoms with Crippen molar-refractivity contribution < 1.29 is 14.3 Å². The lowest BCUT2D eigenvalue weighted by atomic mass is 10.1. The summed E-state index contributed by atoms with van der Waals surface area (Å²) in [5.74, 6) is 0.0939. The molecule has 0 bridgehead atoms. The van der Waals surface area contributed by atoms with Gasteiger partial charge in [-0.05, 0) is 50.6 Å². The van der Waals surface area contributed by atoms with Gasteiger partial charge in [0.1, 0.15) is 18.5 Å². The minimum Gasteiger partial charge on any atom is -0.492 e. The summed E-state index contributed by atoms with van der Waals surface area (Å²) in [6.45, 7) is 6.34. The number of aryl methyl sites for hydroxylation is 1. The van der Waals surface area contributed by atoms with E-state index in [1.807, 2.05) is 39.0 Å². The smallest absolute Gasteiger partial charge is 0.331 e. The van der Waals surface area contributed by atoms with E-state index in [2.05, 4.69) is 0 Å². The van der Waals surface area contributed by atoms with Gasteiger partial charge in [0.05, 0.1) is 23.6 Å². The zero-order valence-electron chi connectivity index (χ0n) is 18.6. The van der Waals surface area contributed by atoms with Crippen molar-refractivity contribution in [2.75, 3.05) is 6.61 Å². The van der Waals surface area contributed by atoms with E-state index in [1.54, 1.807) is 34.9 Å².